The average Bonchev–Trinajstić information content (AvgIpc) is 2.34. The van der Waals surface area contributed by atoms with Gasteiger partial charge in [0.2, 0.25) is 0 Å². The second-order valence-corrected chi connectivity index (χ2v) is 4.86. The van der Waals surface area contributed by atoms with Gasteiger partial charge in [0.25, 0.3) is 0 Å². The SMILES string of the molecule is CCN(CC(C)C)c1ncccc1C(C)NC. The fraction of sp³-hybridized carbons (Fsp3) is 0.643. The van der Waals surface area contributed by atoms with Crippen LogP contribution >= 0.6 is 0 Å². The predicted molar refractivity (Wildman–Crippen MR) is 74.4 cm³/mol. The van der Waals surface area contributed by atoms with Gasteiger partial charge in [-0.05, 0) is 32.9 Å². The first-order valence-electron chi connectivity index (χ1n) is 6.47. The number of pyridine rings is 1. The third-order valence-electron chi connectivity index (χ3n) is 2.98. The molecule has 1 atom stereocenters. The Morgan fingerprint density at radius 2 is 2.06 bits per heavy atom. The average molecular weight is 235 g/mol. The first kappa shape index (κ1) is 14.0. The highest BCUT2D eigenvalue weighted by Gasteiger charge is 2.15. The summed E-state index contributed by atoms with van der Waals surface area (Å²) >= 11 is 0. The lowest BCUT2D eigenvalue weighted by Gasteiger charge is -2.27. The van der Waals surface area contributed by atoms with Crippen LogP contribution in [-0.2, 0) is 0 Å². The molecule has 1 heterocycles. The molecule has 0 aliphatic carbocycles. The Labute approximate surface area is 105 Å². The molecule has 0 saturated heterocycles. The zero-order chi connectivity index (χ0) is 12.8. The van der Waals surface area contributed by atoms with E-state index < -0.39 is 0 Å². The molecule has 0 aliphatic heterocycles. The molecule has 0 bridgehead atoms. The number of anilines is 1. The zero-order valence-electron chi connectivity index (χ0n) is 11.7. The lowest BCUT2D eigenvalue weighted by atomic mass is 10.1. The summed E-state index contributed by atoms with van der Waals surface area (Å²) in [5.74, 6) is 1.76. The number of hydrogen-bond donors (Lipinski definition) is 1. The van der Waals surface area contributed by atoms with Crippen molar-refractivity contribution < 1.29 is 0 Å². The molecule has 1 unspecified atom stereocenters. The number of aromatic nitrogens is 1. The Bertz CT molecular complexity index is 336. The van der Waals surface area contributed by atoms with Crippen LogP contribution in [0.2, 0.25) is 0 Å². The van der Waals surface area contributed by atoms with Gasteiger partial charge < -0.3 is 10.2 Å². The molecule has 0 aromatic carbocycles. The topological polar surface area (TPSA) is 28.2 Å². The van der Waals surface area contributed by atoms with Crippen molar-refractivity contribution in [3.63, 3.8) is 0 Å². The van der Waals surface area contributed by atoms with Crippen molar-refractivity contribution in [1.82, 2.24) is 10.3 Å². The van der Waals surface area contributed by atoms with Gasteiger partial charge in [0.1, 0.15) is 5.82 Å². The van der Waals surface area contributed by atoms with Gasteiger partial charge in [-0.15, -0.1) is 0 Å². The van der Waals surface area contributed by atoms with Crippen LogP contribution < -0.4 is 10.2 Å². The minimum absolute atomic E-state index is 0.333. The van der Waals surface area contributed by atoms with E-state index in [4.69, 9.17) is 0 Å². The minimum Gasteiger partial charge on any atom is -0.356 e. The highest BCUT2D eigenvalue weighted by molar-refractivity contribution is 5.48. The smallest absolute Gasteiger partial charge is 0.133 e. The maximum absolute atomic E-state index is 4.56. The summed E-state index contributed by atoms with van der Waals surface area (Å²) in [5, 5.41) is 3.29. The molecule has 1 N–H and O–H groups in total. The lowest BCUT2D eigenvalue weighted by molar-refractivity contribution is 0.600. The van der Waals surface area contributed by atoms with Gasteiger partial charge in [-0.2, -0.15) is 0 Å². The third kappa shape index (κ3) is 3.70. The fourth-order valence-corrected chi connectivity index (χ4v) is 1.97. The molecule has 1 aromatic heterocycles. The normalized spacial score (nSPS) is 12.8. The first-order chi connectivity index (χ1) is 8.10. The highest BCUT2D eigenvalue weighted by atomic mass is 15.2. The summed E-state index contributed by atoms with van der Waals surface area (Å²) in [5.41, 5.74) is 1.28. The molecule has 0 saturated carbocycles. The largest absolute Gasteiger partial charge is 0.356 e. The Morgan fingerprint density at radius 1 is 1.35 bits per heavy atom. The summed E-state index contributed by atoms with van der Waals surface area (Å²) in [6, 6.07) is 4.50. The Hall–Kier alpha value is -1.09. The third-order valence-corrected chi connectivity index (χ3v) is 2.98. The van der Waals surface area contributed by atoms with Crippen LogP contribution in [0.15, 0.2) is 18.3 Å². The van der Waals surface area contributed by atoms with Crippen molar-refractivity contribution in [2.75, 3.05) is 25.0 Å². The van der Waals surface area contributed by atoms with Gasteiger partial charge in [0.05, 0.1) is 0 Å². The molecule has 1 aromatic rings. The quantitative estimate of drug-likeness (QED) is 0.822. The van der Waals surface area contributed by atoms with Crippen LogP contribution in [0.1, 0.15) is 39.3 Å². The summed E-state index contributed by atoms with van der Waals surface area (Å²) in [7, 11) is 1.99. The van der Waals surface area contributed by atoms with Gasteiger partial charge in [-0.25, -0.2) is 4.98 Å². The van der Waals surface area contributed by atoms with E-state index in [1.54, 1.807) is 0 Å². The lowest BCUT2D eigenvalue weighted by Crippen LogP contribution is -2.30. The van der Waals surface area contributed by atoms with Gasteiger partial charge in [-0.1, -0.05) is 19.9 Å². The Morgan fingerprint density at radius 3 is 2.59 bits per heavy atom. The van der Waals surface area contributed by atoms with Gasteiger partial charge in [-0.3, -0.25) is 0 Å². The van der Waals surface area contributed by atoms with Gasteiger partial charge in [0, 0.05) is 30.9 Å². The van der Waals surface area contributed by atoms with Crippen molar-refractivity contribution in [2.45, 2.75) is 33.7 Å². The molecule has 3 nitrogen and oxygen atoms in total. The molecular formula is C14H25N3. The highest BCUT2D eigenvalue weighted by Crippen LogP contribution is 2.24. The molecule has 1 rings (SSSR count). The first-order valence-corrected chi connectivity index (χ1v) is 6.47. The fourth-order valence-electron chi connectivity index (χ4n) is 1.97. The molecule has 17 heavy (non-hydrogen) atoms. The van der Waals surface area contributed by atoms with E-state index >= 15 is 0 Å². The van der Waals surface area contributed by atoms with Crippen LogP contribution in [-0.4, -0.2) is 25.1 Å². The maximum Gasteiger partial charge on any atom is 0.133 e. The van der Waals surface area contributed by atoms with Crippen molar-refractivity contribution in [3.8, 4) is 0 Å². The summed E-state index contributed by atoms with van der Waals surface area (Å²) in [6.07, 6.45) is 1.88. The van der Waals surface area contributed by atoms with E-state index in [0.717, 1.165) is 18.9 Å². The van der Waals surface area contributed by atoms with Crippen molar-refractivity contribution in [3.05, 3.63) is 23.9 Å². The number of nitrogens with one attached hydrogen (secondary N) is 1. The van der Waals surface area contributed by atoms with E-state index in [-0.39, 0.29) is 0 Å². The Kier molecular flexibility index (Phi) is 5.42. The summed E-state index contributed by atoms with van der Waals surface area (Å²) in [6.45, 7) is 10.9. The molecular weight excluding hydrogens is 210 g/mol. The van der Waals surface area contributed by atoms with Gasteiger partial charge >= 0.3 is 0 Å². The maximum atomic E-state index is 4.56. The van der Waals surface area contributed by atoms with E-state index in [2.05, 4.69) is 49.0 Å². The molecule has 3 heteroatoms. The molecule has 0 spiro atoms. The predicted octanol–water partition coefficient (Wildman–Crippen LogP) is 2.84. The van der Waals surface area contributed by atoms with E-state index in [1.165, 1.54) is 5.56 Å². The van der Waals surface area contributed by atoms with E-state index in [0.29, 0.717) is 12.0 Å². The zero-order valence-corrected chi connectivity index (χ0v) is 11.7. The van der Waals surface area contributed by atoms with Gasteiger partial charge in [0.15, 0.2) is 0 Å². The summed E-state index contributed by atoms with van der Waals surface area (Å²) < 4.78 is 0. The monoisotopic (exact) mass is 235 g/mol. The molecule has 96 valence electrons. The van der Waals surface area contributed by atoms with Crippen molar-refractivity contribution >= 4 is 5.82 Å². The second-order valence-electron chi connectivity index (χ2n) is 4.86. The molecule has 0 radical (unpaired) electrons. The van der Waals surface area contributed by atoms with E-state index in [1.807, 2.05) is 19.3 Å². The van der Waals surface area contributed by atoms with Crippen LogP contribution in [0.25, 0.3) is 0 Å². The summed E-state index contributed by atoms with van der Waals surface area (Å²) in [4.78, 5) is 6.91. The number of nitrogens with zero attached hydrogens (tertiary/aromatic N) is 2. The minimum atomic E-state index is 0.333. The Balaban J connectivity index is 3.01. The van der Waals surface area contributed by atoms with Crippen LogP contribution in [0, 0.1) is 5.92 Å². The molecule has 0 amide bonds. The van der Waals surface area contributed by atoms with Crippen LogP contribution in [0.4, 0.5) is 5.82 Å². The number of hydrogen-bond acceptors (Lipinski definition) is 3. The molecule has 0 fully saturated rings. The van der Waals surface area contributed by atoms with Crippen LogP contribution in [0.5, 0.6) is 0 Å². The van der Waals surface area contributed by atoms with Crippen molar-refractivity contribution in [2.24, 2.45) is 5.92 Å². The second kappa shape index (κ2) is 6.60. The molecule has 0 aliphatic rings. The van der Waals surface area contributed by atoms with Crippen LogP contribution in [0.3, 0.4) is 0 Å². The van der Waals surface area contributed by atoms with Crippen molar-refractivity contribution in [1.29, 1.82) is 0 Å². The number of rotatable bonds is 6. The van der Waals surface area contributed by atoms with E-state index in [9.17, 15) is 0 Å². The standard InChI is InChI=1S/C14H25N3/c1-6-17(10-11(2)3)14-13(12(4)15-5)8-7-9-16-14/h7-9,11-12,15H,6,10H2,1-5H3.